The second-order valence-corrected chi connectivity index (χ2v) is 10.1. The lowest BCUT2D eigenvalue weighted by atomic mass is 10.1. The maximum Gasteiger partial charge on any atom is 0.282 e. The van der Waals surface area contributed by atoms with Crippen LogP contribution < -0.4 is 15.2 Å². The molecule has 186 valence electrons. The normalized spacial score (nSPS) is 12.3. The van der Waals surface area contributed by atoms with E-state index in [0.29, 0.717) is 34.1 Å². The molecule has 8 heteroatoms. The van der Waals surface area contributed by atoms with Crippen molar-refractivity contribution >= 4 is 50.3 Å². The summed E-state index contributed by atoms with van der Waals surface area (Å²) in [5.74, 6) is 1.31. The lowest BCUT2D eigenvalue weighted by Gasteiger charge is -2.17. The Balaban J connectivity index is 1.78. The summed E-state index contributed by atoms with van der Waals surface area (Å²) in [6.07, 6.45) is 2.48. The maximum absolute atomic E-state index is 13.5. The van der Waals surface area contributed by atoms with Crippen LogP contribution in [0.2, 0.25) is 5.02 Å². The van der Waals surface area contributed by atoms with Crippen molar-refractivity contribution in [2.45, 2.75) is 32.8 Å². The number of halogens is 2. The van der Waals surface area contributed by atoms with E-state index in [2.05, 4.69) is 28.0 Å². The highest BCUT2D eigenvalue weighted by molar-refractivity contribution is 9.10. The number of fused-ring (bicyclic) bond motifs is 1. The highest BCUT2D eigenvalue weighted by Gasteiger charge is 2.16. The van der Waals surface area contributed by atoms with E-state index >= 15 is 0 Å². The molecule has 4 rings (SSSR count). The predicted molar refractivity (Wildman–Crippen MR) is 152 cm³/mol. The number of hydrogen-bond donors (Lipinski definition) is 0. The first-order valence-corrected chi connectivity index (χ1v) is 12.9. The topological polar surface area (TPSA) is 59.7 Å². The van der Waals surface area contributed by atoms with Gasteiger partial charge in [0.15, 0.2) is 0 Å². The second kappa shape index (κ2) is 11.3. The van der Waals surface area contributed by atoms with Crippen molar-refractivity contribution in [3.8, 4) is 5.75 Å². The summed E-state index contributed by atoms with van der Waals surface area (Å²) in [6, 6.07) is 19.0. The van der Waals surface area contributed by atoms with Gasteiger partial charge in [-0.15, -0.1) is 0 Å². The van der Waals surface area contributed by atoms with Gasteiger partial charge in [-0.25, -0.2) is 4.98 Å². The van der Waals surface area contributed by atoms with Crippen molar-refractivity contribution in [2.75, 3.05) is 19.0 Å². The van der Waals surface area contributed by atoms with Crippen LogP contribution >= 0.6 is 27.5 Å². The Morgan fingerprint density at radius 3 is 2.67 bits per heavy atom. The van der Waals surface area contributed by atoms with E-state index in [9.17, 15) is 4.79 Å². The van der Waals surface area contributed by atoms with Gasteiger partial charge in [0.25, 0.3) is 5.56 Å². The lowest BCUT2D eigenvalue weighted by molar-refractivity contribution is 0.306. The van der Waals surface area contributed by atoms with Crippen LogP contribution in [0.15, 0.2) is 75.0 Å². The third-order valence-electron chi connectivity index (χ3n) is 6.05. The lowest BCUT2D eigenvalue weighted by Crippen LogP contribution is -2.23. The summed E-state index contributed by atoms with van der Waals surface area (Å²) in [6.45, 7) is 4.42. The van der Waals surface area contributed by atoms with E-state index in [1.54, 1.807) is 12.3 Å². The van der Waals surface area contributed by atoms with Crippen molar-refractivity contribution in [2.24, 2.45) is 5.10 Å². The van der Waals surface area contributed by atoms with E-state index in [0.717, 1.165) is 27.7 Å². The summed E-state index contributed by atoms with van der Waals surface area (Å²) in [4.78, 5) is 20.2. The van der Waals surface area contributed by atoms with Crippen molar-refractivity contribution in [3.05, 3.63) is 97.5 Å². The van der Waals surface area contributed by atoms with Crippen LogP contribution in [-0.2, 0) is 6.61 Å². The molecule has 0 amide bonds. The Labute approximate surface area is 224 Å². The van der Waals surface area contributed by atoms with Crippen LogP contribution in [-0.4, -0.2) is 30.0 Å². The van der Waals surface area contributed by atoms with E-state index in [-0.39, 0.29) is 11.5 Å². The number of ether oxygens (including phenoxy) is 1. The minimum Gasteiger partial charge on any atom is -0.488 e. The molecule has 0 unspecified atom stereocenters. The molecule has 0 bridgehead atoms. The molecule has 0 N–H and O–H groups in total. The Bertz CT molecular complexity index is 1480. The van der Waals surface area contributed by atoms with Gasteiger partial charge < -0.3 is 9.64 Å². The van der Waals surface area contributed by atoms with Crippen molar-refractivity contribution < 1.29 is 4.74 Å². The van der Waals surface area contributed by atoms with Crippen LogP contribution in [0, 0.1) is 0 Å². The highest BCUT2D eigenvalue weighted by Crippen LogP contribution is 2.27. The molecular formula is C28H28BrClN4O2. The monoisotopic (exact) mass is 566 g/mol. The van der Waals surface area contributed by atoms with Gasteiger partial charge in [0.05, 0.1) is 17.1 Å². The molecule has 0 aliphatic heterocycles. The van der Waals surface area contributed by atoms with Gasteiger partial charge in [0.1, 0.15) is 18.2 Å². The summed E-state index contributed by atoms with van der Waals surface area (Å²) < 4.78 is 8.41. The van der Waals surface area contributed by atoms with E-state index in [1.165, 1.54) is 4.68 Å². The van der Waals surface area contributed by atoms with Gasteiger partial charge in [0.2, 0.25) is 0 Å². The molecule has 6 nitrogen and oxygen atoms in total. The third kappa shape index (κ3) is 5.63. The zero-order chi connectivity index (χ0) is 25.8. The molecule has 0 fully saturated rings. The van der Waals surface area contributed by atoms with Crippen LogP contribution in [0.4, 0.5) is 5.69 Å². The van der Waals surface area contributed by atoms with Gasteiger partial charge >= 0.3 is 0 Å². The summed E-state index contributed by atoms with van der Waals surface area (Å²) in [5, 5.41) is 5.77. The minimum atomic E-state index is -0.212. The molecule has 1 aromatic heterocycles. The first kappa shape index (κ1) is 25.9. The van der Waals surface area contributed by atoms with Crippen molar-refractivity contribution in [1.29, 1.82) is 0 Å². The molecule has 1 heterocycles. The standard InChI is InChI=1S/C28H28BrClN4O2/c1-5-18(2)27-32-25-13-11-21(29)14-23(25)28(35)34(27)31-16-19-10-12-22(33(3)4)15-26(19)36-17-20-8-6-7-9-24(20)30/h6-16,18H,5,17H2,1-4H3/t18-/m1/s1. The Morgan fingerprint density at radius 2 is 1.94 bits per heavy atom. The fourth-order valence-corrected chi connectivity index (χ4v) is 4.25. The van der Waals surface area contributed by atoms with E-state index in [1.807, 2.05) is 80.5 Å². The van der Waals surface area contributed by atoms with Crippen molar-refractivity contribution in [3.63, 3.8) is 0 Å². The number of benzene rings is 3. The summed E-state index contributed by atoms with van der Waals surface area (Å²) in [5.41, 5.74) is 3.05. The number of aromatic nitrogens is 2. The first-order valence-electron chi connectivity index (χ1n) is 11.7. The largest absolute Gasteiger partial charge is 0.488 e. The molecule has 0 aliphatic rings. The fraction of sp³-hybridized carbons (Fsp3) is 0.250. The Morgan fingerprint density at radius 1 is 1.17 bits per heavy atom. The van der Waals surface area contributed by atoms with E-state index < -0.39 is 0 Å². The molecular weight excluding hydrogens is 540 g/mol. The molecule has 0 aliphatic carbocycles. The van der Waals surface area contributed by atoms with Crippen LogP contribution in [0.5, 0.6) is 5.75 Å². The van der Waals surface area contributed by atoms with Crippen LogP contribution in [0.1, 0.15) is 43.1 Å². The van der Waals surface area contributed by atoms with Crippen LogP contribution in [0.25, 0.3) is 10.9 Å². The minimum absolute atomic E-state index is 0.0509. The summed E-state index contributed by atoms with van der Waals surface area (Å²) >= 11 is 9.78. The number of hydrogen-bond acceptors (Lipinski definition) is 5. The van der Waals surface area contributed by atoms with Gasteiger partial charge in [-0.05, 0) is 42.8 Å². The van der Waals surface area contributed by atoms with E-state index in [4.69, 9.17) is 21.3 Å². The maximum atomic E-state index is 13.5. The van der Waals surface area contributed by atoms with Crippen molar-refractivity contribution in [1.82, 2.24) is 9.66 Å². The molecule has 36 heavy (non-hydrogen) atoms. The van der Waals surface area contributed by atoms with Crippen LogP contribution in [0.3, 0.4) is 0 Å². The second-order valence-electron chi connectivity index (χ2n) is 8.80. The molecule has 0 saturated carbocycles. The molecule has 0 radical (unpaired) electrons. The van der Waals surface area contributed by atoms with Gasteiger partial charge in [0, 0.05) is 52.4 Å². The number of rotatable bonds is 8. The van der Waals surface area contributed by atoms with Gasteiger partial charge in [-0.2, -0.15) is 9.78 Å². The average Bonchev–Trinajstić information content (AvgIpc) is 2.87. The SMILES string of the molecule is CC[C@@H](C)c1nc2ccc(Br)cc2c(=O)n1N=Cc1ccc(N(C)C)cc1OCc1ccccc1Cl. The Kier molecular flexibility index (Phi) is 8.11. The average molecular weight is 568 g/mol. The molecule has 1 atom stereocenters. The fourth-order valence-electron chi connectivity index (χ4n) is 3.70. The predicted octanol–water partition coefficient (Wildman–Crippen LogP) is 6.85. The zero-order valence-electron chi connectivity index (χ0n) is 20.7. The molecule has 3 aromatic carbocycles. The quantitative estimate of drug-likeness (QED) is 0.218. The summed E-state index contributed by atoms with van der Waals surface area (Å²) in [7, 11) is 3.94. The number of nitrogens with zero attached hydrogens (tertiary/aromatic N) is 4. The van der Waals surface area contributed by atoms with Gasteiger partial charge in [-0.1, -0.05) is 59.6 Å². The third-order valence-corrected chi connectivity index (χ3v) is 6.92. The molecule has 0 spiro atoms. The molecule has 0 saturated heterocycles. The van der Waals surface area contributed by atoms with Gasteiger partial charge in [-0.3, -0.25) is 4.79 Å². The first-order chi connectivity index (χ1) is 17.3. The molecule has 4 aromatic rings. The Hall–Kier alpha value is -3.16. The highest BCUT2D eigenvalue weighted by atomic mass is 79.9. The zero-order valence-corrected chi connectivity index (χ0v) is 23.0. The number of anilines is 1. The smallest absolute Gasteiger partial charge is 0.282 e.